The van der Waals surface area contributed by atoms with E-state index in [-0.39, 0.29) is 4.87 Å². The molecule has 0 aliphatic heterocycles. The van der Waals surface area contributed by atoms with E-state index in [1.165, 1.54) is 38.5 Å². The van der Waals surface area contributed by atoms with Crippen LogP contribution in [0.15, 0.2) is 0 Å². The molecule has 0 heterocycles. The molecule has 4 fully saturated rings. The van der Waals surface area contributed by atoms with Crippen LogP contribution in [0.1, 0.15) is 38.5 Å². The van der Waals surface area contributed by atoms with Crippen molar-refractivity contribution in [3.05, 3.63) is 0 Å². The summed E-state index contributed by atoms with van der Waals surface area (Å²) in [4.78, 5) is 0.157. The molecule has 0 radical (unpaired) electrons. The molecule has 4 bridgehead atoms. The van der Waals surface area contributed by atoms with Gasteiger partial charge >= 0.3 is 0 Å². The number of rotatable bonds is 0. The fraction of sp³-hybridized carbons (Fsp3) is 1.00. The van der Waals surface area contributed by atoms with Gasteiger partial charge in [0.2, 0.25) is 0 Å². The van der Waals surface area contributed by atoms with E-state index in [1.807, 2.05) is 0 Å². The topological polar surface area (TPSA) is 26.0 Å². The molecule has 2 N–H and O–H groups in total. The molecule has 5 unspecified atom stereocenters. The van der Waals surface area contributed by atoms with Gasteiger partial charge in [-0.1, -0.05) is 0 Å². The lowest BCUT2D eigenvalue weighted by Gasteiger charge is -2.44. The fourth-order valence-corrected chi connectivity index (χ4v) is 4.80. The maximum Gasteiger partial charge on any atom is 0.0455 e. The first-order valence-corrected chi connectivity index (χ1v) is 5.97. The van der Waals surface area contributed by atoms with Crippen molar-refractivity contribution in [1.29, 1.82) is 0 Å². The fourth-order valence-electron chi connectivity index (χ4n) is 4.17. The minimum Gasteiger partial charge on any atom is -0.327 e. The van der Waals surface area contributed by atoms with Gasteiger partial charge in [-0.05, 0) is 56.3 Å². The lowest BCUT2D eigenvalue weighted by atomic mass is 9.67. The summed E-state index contributed by atoms with van der Waals surface area (Å²) in [5, 5.41) is 0. The Kier molecular flexibility index (Phi) is 1.73. The summed E-state index contributed by atoms with van der Waals surface area (Å²) >= 11 is 6.65. The van der Waals surface area contributed by atoms with Crippen molar-refractivity contribution in [2.45, 2.75) is 49.4 Å². The second kappa shape index (κ2) is 2.64. The molecule has 0 spiro atoms. The first kappa shape index (κ1) is 8.55. The third-order valence-electron chi connectivity index (χ3n) is 4.45. The molecule has 0 amide bonds. The second-order valence-electron chi connectivity index (χ2n) is 5.63. The number of alkyl halides is 1. The van der Waals surface area contributed by atoms with Gasteiger partial charge in [0, 0.05) is 10.9 Å². The Morgan fingerprint density at radius 3 is 2.38 bits per heavy atom. The Labute approximate surface area is 85.0 Å². The van der Waals surface area contributed by atoms with Crippen LogP contribution in [-0.4, -0.2) is 10.9 Å². The third kappa shape index (κ3) is 1.32. The molecule has 4 aliphatic carbocycles. The summed E-state index contributed by atoms with van der Waals surface area (Å²) in [5.74, 6) is 2.49. The maximum absolute atomic E-state index is 6.65. The van der Waals surface area contributed by atoms with E-state index in [0.717, 1.165) is 17.8 Å². The summed E-state index contributed by atoms with van der Waals surface area (Å²) in [6, 6.07) is 0.455. The predicted molar refractivity (Wildman–Crippen MR) is 54.7 cm³/mol. The Hall–Kier alpha value is 0.250. The van der Waals surface area contributed by atoms with Gasteiger partial charge in [-0.2, -0.15) is 0 Å². The lowest BCUT2D eigenvalue weighted by Crippen LogP contribution is -2.40. The minimum absolute atomic E-state index is 0.157. The molecule has 0 aromatic rings. The largest absolute Gasteiger partial charge is 0.327 e. The van der Waals surface area contributed by atoms with Gasteiger partial charge in [-0.25, -0.2) is 0 Å². The number of nitrogens with two attached hydrogens (primary N) is 1. The molecule has 4 aliphatic rings. The summed E-state index contributed by atoms with van der Waals surface area (Å²) in [7, 11) is 0. The van der Waals surface area contributed by atoms with E-state index in [4.69, 9.17) is 17.3 Å². The molecule has 4 rings (SSSR count). The molecule has 74 valence electrons. The van der Waals surface area contributed by atoms with Gasteiger partial charge in [0.05, 0.1) is 0 Å². The Balaban J connectivity index is 1.95. The van der Waals surface area contributed by atoms with Crippen LogP contribution >= 0.6 is 11.6 Å². The molecule has 0 aromatic heterocycles. The summed E-state index contributed by atoms with van der Waals surface area (Å²) < 4.78 is 0. The number of hydrogen-bond acceptors (Lipinski definition) is 1. The van der Waals surface area contributed by atoms with Crippen LogP contribution in [-0.2, 0) is 0 Å². The predicted octanol–water partition coefficient (Wildman–Crippen LogP) is 2.52. The number of fused-ring (bicyclic) bond motifs is 1. The minimum atomic E-state index is 0.157. The third-order valence-corrected chi connectivity index (χ3v) is 4.91. The molecule has 1 nitrogen and oxygen atoms in total. The van der Waals surface area contributed by atoms with Crippen molar-refractivity contribution in [3.63, 3.8) is 0 Å². The van der Waals surface area contributed by atoms with Gasteiger partial charge in [0.25, 0.3) is 0 Å². The van der Waals surface area contributed by atoms with Crippen molar-refractivity contribution < 1.29 is 0 Å². The number of halogens is 1. The van der Waals surface area contributed by atoms with Gasteiger partial charge in [-0.15, -0.1) is 11.6 Å². The molecule has 5 atom stereocenters. The second-order valence-corrected chi connectivity index (χ2v) is 6.43. The van der Waals surface area contributed by atoms with Gasteiger partial charge < -0.3 is 5.73 Å². The Morgan fingerprint density at radius 2 is 1.69 bits per heavy atom. The van der Waals surface area contributed by atoms with E-state index in [0.29, 0.717) is 6.04 Å². The highest BCUT2D eigenvalue weighted by Gasteiger charge is 2.49. The molecular weight excluding hydrogens is 182 g/mol. The average molecular weight is 200 g/mol. The summed E-state index contributed by atoms with van der Waals surface area (Å²) in [6.45, 7) is 0. The highest BCUT2D eigenvalue weighted by atomic mass is 35.5. The smallest absolute Gasteiger partial charge is 0.0455 e. The molecule has 2 heteroatoms. The zero-order chi connectivity index (χ0) is 9.05. The van der Waals surface area contributed by atoms with Crippen LogP contribution in [0.2, 0.25) is 0 Å². The van der Waals surface area contributed by atoms with Crippen LogP contribution in [0.5, 0.6) is 0 Å². The van der Waals surface area contributed by atoms with E-state index in [1.54, 1.807) is 0 Å². The van der Waals surface area contributed by atoms with Crippen LogP contribution in [0.4, 0.5) is 0 Å². The van der Waals surface area contributed by atoms with Crippen LogP contribution in [0.3, 0.4) is 0 Å². The van der Waals surface area contributed by atoms with Gasteiger partial charge in [0.1, 0.15) is 0 Å². The molecule has 4 saturated carbocycles. The Bertz CT molecular complexity index is 230. The van der Waals surface area contributed by atoms with Gasteiger partial charge in [-0.3, -0.25) is 0 Å². The van der Waals surface area contributed by atoms with Crippen molar-refractivity contribution in [2.24, 2.45) is 23.5 Å². The molecule has 0 saturated heterocycles. The zero-order valence-electron chi connectivity index (χ0n) is 8.01. The maximum atomic E-state index is 6.65. The number of hydrogen-bond donors (Lipinski definition) is 1. The molecular formula is C11H18ClN. The standard InChI is InChI=1S/C11H18ClN/c12-11-4-7-1-8(5-11)3-10(13)9(2-7)6-11/h7-10H,1-6,13H2. The highest BCUT2D eigenvalue weighted by Crippen LogP contribution is 2.55. The van der Waals surface area contributed by atoms with Crippen LogP contribution in [0.25, 0.3) is 0 Å². The normalized spacial score (nSPS) is 59.5. The first-order valence-electron chi connectivity index (χ1n) is 5.59. The average Bonchev–Trinajstić information content (AvgIpc) is 2.12. The van der Waals surface area contributed by atoms with E-state index < -0.39 is 0 Å². The molecule has 0 aromatic carbocycles. The van der Waals surface area contributed by atoms with Crippen molar-refractivity contribution in [3.8, 4) is 0 Å². The van der Waals surface area contributed by atoms with E-state index in [9.17, 15) is 0 Å². The quantitative estimate of drug-likeness (QED) is 0.597. The van der Waals surface area contributed by atoms with E-state index in [2.05, 4.69) is 0 Å². The monoisotopic (exact) mass is 199 g/mol. The molecule has 13 heavy (non-hydrogen) atoms. The van der Waals surface area contributed by atoms with Crippen LogP contribution in [0, 0.1) is 17.8 Å². The first-order chi connectivity index (χ1) is 6.15. The van der Waals surface area contributed by atoms with Crippen LogP contribution < -0.4 is 5.73 Å². The SMILES string of the molecule is NC1CC2CC3CC1CC(Cl)(C2)C3. The Morgan fingerprint density at radius 1 is 1.00 bits per heavy atom. The summed E-state index contributed by atoms with van der Waals surface area (Å²) in [5.41, 5.74) is 6.20. The van der Waals surface area contributed by atoms with E-state index >= 15 is 0 Å². The summed E-state index contributed by atoms with van der Waals surface area (Å²) in [6.07, 6.45) is 7.74. The van der Waals surface area contributed by atoms with Crippen molar-refractivity contribution in [1.82, 2.24) is 0 Å². The lowest BCUT2D eigenvalue weighted by molar-refractivity contribution is 0.151. The van der Waals surface area contributed by atoms with Crippen molar-refractivity contribution >= 4 is 11.6 Å². The van der Waals surface area contributed by atoms with Crippen molar-refractivity contribution in [2.75, 3.05) is 0 Å². The highest BCUT2D eigenvalue weighted by molar-refractivity contribution is 6.24. The van der Waals surface area contributed by atoms with Gasteiger partial charge in [0.15, 0.2) is 0 Å². The zero-order valence-corrected chi connectivity index (χ0v) is 8.76.